The average Bonchev–Trinajstić information content (AvgIpc) is 3.28. The van der Waals surface area contributed by atoms with Crippen LogP contribution >= 0.6 is 35.1 Å². The zero-order valence-electron chi connectivity index (χ0n) is 34.4. The SMILES string of the molecule is C=C(N)SCCN.CN1CCN(c2cnc3c(Cl)nc(-c4ccccc4)nc3n2)CC1.CN1CCN(c2cnc3c(NCCSC(=N)N)nc(-c4ccccc4)nc3n2)CC1. The van der Waals surface area contributed by atoms with Crippen LogP contribution in [-0.2, 0) is 0 Å². The average molecular weight is 883 g/mol. The number of piperazine rings is 2. The van der Waals surface area contributed by atoms with E-state index in [1.807, 2.05) is 60.7 Å². The third-order valence-corrected chi connectivity index (χ3v) is 11.3. The lowest BCUT2D eigenvalue weighted by Crippen LogP contribution is -2.44. The van der Waals surface area contributed by atoms with Gasteiger partial charge in [0.25, 0.3) is 0 Å². The summed E-state index contributed by atoms with van der Waals surface area (Å²) in [4.78, 5) is 46.0. The van der Waals surface area contributed by atoms with Gasteiger partial charge in [0, 0.05) is 88.1 Å². The fraction of sp³-hybridized carbons (Fsp3) is 0.341. The van der Waals surface area contributed by atoms with Gasteiger partial charge in [0.05, 0.1) is 17.4 Å². The van der Waals surface area contributed by atoms with Crippen LogP contribution in [0.1, 0.15) is 0 Å². The van der Waals surface area contributed by atoms with Gasteiger partial charge in [0.15, 0.2) is 44.6 Å². The lowest BCUT2D eigenvalue weighted by molar-refractivity contribution is 0.312. The van der Waals surface area contributed by atoms with E-state index in [0.717, 1.165) is 80.9 Å². The number of nitrogens with two attached hydrogens (primary N) is 3. The Morgan fingerprint density at radius 1 is 0.689 bits per heavy atom. The molecule has 0 spiro atoms. The molecule has 4 aromatic heterocycles. The minimum absolute atomic E-state index is 0.103. The molecule has 17 nitrogen and oxygen atoms in total. The van der Waals surface area contributed by atoms with Crippen LogP contribution in [0, 0.1) is 5.41 Å². The Hall–Kier alpha value is -5.44. The van der Waals surface area contributed by atoms with Gasteiger partial charge in [0.2, 0.25) is 0 Å². The predicted octanol–water partition coefficient (Wildman–Crippen LogP) is 4.48. The van der Waals surface area contributed by atoms with E-state index in [-0.39, 0.29) is 5.17 Å². The summed E-state index contributed by atoms with van der Waals surface area (Å²) in [5, 5.41) is 11.7. The fourth-order valence-electron chi connectivity index (χ4n) is 6.22. The molecule has 8 rings (SSSR count). The van der Waals surface area contributed by atoms with Crippen molar-refractivity contribution in [2.45, 2.75) is 0 Å². The summed E-state index contributed by atoms with van der Waals surface area (Å²) < 4.78 is 0. The molecule has 2 aliphatic rings. The molecule has 2 fully saturated rings. The summed E-state index contributed by atoms with van der Waals surface area (Å²) in [6.45, 7) is 12.5. The maximum absolute atomic E-state index is 7.35. The van der Waals surface area contributed by atoms with Gasteiger partial charge in [-0.3, -0.25) is 5.41 Å². The first kappa shape index (κ1) is 45.1. The lowest BCUT2D eigenvalue weighted by Gasteiger charge is -2.32. The number of fused-ring (bicyclic) bond motifs is 2. The smallest absolute Gasteiger partial charge is 0.186 e. The van der Waals surface area contributed by atoms with Crippen molar-refractivity contribution < 1.29 is 0 Å². The van der Waals surface area contributed by atoms with Gasteiger partial charge < -0.3 is 42.1 Å². The molecule has 2 saturated heterocycles. The molecule has 0 radical (unpaired) electrons. The molecule has 0 unspecified atom stereocenters. The molecule has 8 N–H and O–H groups in total. The minimum atomic E-state index is 0.103. The Bertz CT molecular complexity index is 2360. The van der Waals surface area contributed by atoms with E-state index >= 15 is 0 Å². The largest absolute Gasteiger partial charge is 0.394 e. The number of thioether (sulfide) groups is 2. The number of anilines is 3. The molecule has 20 heteroatoms. The Labute approximate surface area is 369 Å². The second-order valence-corrected chi connectivity index (χ2v) is 16.8. The minimum Gasteiger partial charge on any atom is -0.394 e. The van der Waals surface area contributed by atoms with Gasteiger partial charge in [-0.05, 0) is 14.1 Å². The molecule has 0 amide bonds. The first-order chi connectivity index (χ1) is 29.6. The molecule has 2 aromatic carbocycles. The van der Waals surface area contributed by atoms with Crippen molar-refractivity contribution in [2.24, 2.45) is 17.2 Å². The number of rotatable bonds is 11. The molecular weight excluding hydrogens is 830 g/mol. The molecule has 6 heterocycles. The topological polar surface area (TPSA) is 230 Å². The van der Waals surface area contributed by atoms with Crippen LogP contribution in [0.5, 0.6) is 0 Å². The summed E-state index contributed by atoms with van der Waals surface area (Å²) in [5.41, 5.74) is 19.9. The van der Waals surface area contributed by atoms with E-state index in [4.69, 9.17) is 49.2 Å². The van der Waals surface area contributed by atoms with Crippen molar-refractivity contribution >= 4 is 80.1 Å². The van der Waals surface area contributed by atoms with Crippen LogP contribution in [0.2, 0.25) is 5.15 Å². The van der Waals surface area contributed by atoms with E-state index in [9.17, 15) is 0 Å². The number of nitrogens with zero attached hydrogens (tertiary/aromatic N) is 12. The molecule has 61 heavy (non-hydrogen) atoms. The van der Waals surface area contributed by atoms with Gasteiger partial charge >= 0.3 is 0 Å². The van der Waals surface area contributed by atoms with Crippen molar-refractivity contribution in [3.8, 4) is 22.8 Å². The maximum atomic E-state index is 7.35. The first-order valence-electron chi connectivity index (χ1n) is 19.8. The summed E-state index contributed by atoms with van der Waals surface area (Å²) >= 11 is 9.07. The number of halogens is 1. The van der Waals surface area contributed by atoms with Gasteiger partial charge in [-0.1, -0.05) is 90.6 Å². The highest BCUT2D eigenvalue weighted by Gasteiger charge is 2.20. The zero-order valence-corrected chi connectivity index (χ0v) is 36.8. The number of amidine groups is 1. The number of benzene rings is 2. The maximum Gasteiger partial charge on any atom is 0.186 e. The van der Waals surface area contributed by atoms with Gasteiger partial charge in [0.1, 0.15) is 17.2 Å². The summed E-state index contributed by atoms with van der Waals surface area (Å²) in [5.74, 6) is 5.02. The standard InChI is InChI=1S/C20H25N9S.C17H17ClN6.C4H10N2S/c1-28-8-10-29(11-9-28)15-13-24-16-18(23-7-12-30-20(21)22)26-17(27-19(16)25-15)14-5-3-2-4-6-14;1-23-7-9-24(10-8-23)13-11-19-14-15(18)21-16(22-17(14)20-13)12-5-3-2-4-6-12;1-4(6)7-3-2-5/h2-6,13H,7-12H2,1H3,(H3,21,22)(H,23,25,26,27);2-6,11H,7-10H2,1H3;1-3,5-6H2. The monoisotopic (exact) mass is 881 g/mol. The van der Waals surface area contributed by atoms with Crippen molar-refractivity contribution in [1.29, 1.82) is 5.41 Å². The number of hydrogen-bond acceptors (Lipinski definition) is 18. The van der Waals surface area contributed by atoms with E-state index in [1.54, 1.807) is 12.4 Å². The van der Waals surface area contributed by atoms with Crippen LogP contribution in [0.4, 0.5) is 17.5 Å². The molecule has 0 aliphatic carbocycles. The Balaban J connectivity index is 0.000000180. The highest BCUT2D eigenvalue weighted by atomic mass is 35.5. The number of likely N-dealkylation sites (N-methyl/N-ethyl adjacent to an activating group) is 2. The number of hydrogen-bond donors (Lipinski definition) is 5. The van der Waals surface area contributed by atoms with Gasteiger partial charge in [-0.25, -0.2) is 39.9 Å². The van der Waals surface area contributed by atoms with Crippen molar-refractivity contribution in [2.75, 3.05) is 106 Å². The van der Waals surface area contributed by atoms with Crippen molar-refractivity contribution in [1.82, 2.24) is 49.7 Å². The number of nitrogens with one attached hydrogen (secondary N) is 2. The van der Waals surface area contributed by atoms with Crippen molar-refractivity contribution in [3.63, 3.8) is 0 Å². The molecule has 6 aromatic rings. The lowest BCUT2D eigenvalue weighted by atomic mass is 10.2. The normalized spacial score (nSPS) is 14.5. The fourth-order valence-corrected chi connectivity index (χ4v) is 7.23. The third kappa shape index (κ3) is 13.0. The second kappa shape index (κ2) is 22.4. The van der Waals surface area contributed by atoms with Crippen LogP contribution in [0.15, 0.2) is 84.7 Å². The Morgan fingerprint density at radius 2 is 1.18 bits per heavy atom. The van der Waals surface area contributed by atoms with Crippen LogP contribution in [-0.4, -0.2) is 146 Å². The Morgan fingerprint density at radius 3 is 1.66 bits per heavy atom. The van der Waals surface area contributed by atoms with E-state index < -0.39 is 0 Å². The first-order valence-corrected chi connectivity index (χ1v) is 22.1. The second-order valence-electron chi connectivity index (χ2n) is 14.1. The van der Waals surface area contributed by atoms with Gasteiger partial charge in [-0.2, -0.15) is 0 Å². The highest BCUT2D eigenvalue weighted by Crippen LogP contribution is 2.26. The molecule has 0 atom stereocenters. The molecular formula is C41H52ClN17S2. The van der Waals surface area contributed by atoms with Crippen LogP contribution in [0.3, 0.4) is 0 Å². The van der Waals surface area contributed by atoms with Crippen LogP contribution < -0.4 is 32.3 Å². The van der Waals surface area contributed by atoms with E-state index in [0.29, 0.717) is 68.8 Å². The zero-order chi connectivity index (χ0) is 43.1. The van der Waals surface area contributed by atoms with E-state index in [2.05, 4.69) is 70.5 Å². The van der Waals surface area contributed by atoms with Gasteiger partial charge in [-0.15, -0.1) is 11.8 Å². The summed E-state index contributed by atoms with van der Waals surface area (Å²) in [6, 6.07) is 19.6. The quantitative estimate of drug-likeness (QED) is 0.0523. The molecule has 0 saturated carbocycles. The third-order valence-electron chi connectivity index (χ3n) is 9.52. The van der Waals surface area contributed by atoms with E-state index in [1.165, 1.54) is 23.5 Å². The molecule has 0 bridgehead atoms. The highest BCUT2D eigenvalue weighted by molar-refractivity contribution is 8.13. The molecule has 2 aliphatic heterocycles. The molecule has 320 valence electrons. The Kier molecular flexibility index (Phi) is 16.6. The number of aromatic nitrogens is 8. The summed E-state index contributed by atoms with van der Waals surface area (Å²) in [6.07, 6.45) is 3.56. The predicted molar refractivity (Wildman–Crippen MR) is 253 cm³/mol. The van der Waals surface area contributed by atoms with Crippen molar-refractivity contribution in [3.05, 3.63) is 89.8 Å². The van der Waals surface area contributed by atoms with Crippen LogP contribution in [0.25, 0.3) is 45.1 Å². The summed E-state index contributed by atoms with van der Waals surface area (Å²) in [7, 11) is 4.26.